The molecule has 0 aliphatic carbocycles. The largest absolute Gasteiger partial charge is 0.308 e. The van der Waals surface area contributed by atoms with Gasteiger partial charge in [0.2, 0.25) is 0 Å². The van der Waals surface area contributed by atoms with Crippen LogP contribution in [0.3, 0.4) is 0 Å². The van der Waals surface area contributed by atoms with Crippen molar-refractivity contribution in [1.29, 1.82) is 0 Å². The summed E-state index contributed by atoms with van der Waals surface area (Å²) in [4.78, 5) is 33.5. The van der Waals surface area contributed by atoms with Crippen molar-refractivity contribution in [2.24, 2.45) is 0 Å². The molecule has 0 spiro atoms. The molecule has 1 aliphatic heterocycles. The van der Waals surface area contributed by atoms with Gasteiger partial charge in [0, 0.05) is 46.6 Å². The topological polar surface area (TPSA) is 53.5 Å². The summed E-state index contributed by atoms with van der Waals surface area (Å²) in [5.74, 6) is -0.452. The van der Waals surface area contributed by atoms with Gasteiger partial charge in [0.1, 0.15) is 0 Å². The van der Waals surface area contributed by atoms with E-state index in [0.717, 1.165) is 21.7 Å². The summed E-state index contributed by atoms with van der Waals surface area (Å²) >= 11 is 0. The number of aromatic nitrogens is 1. The Bertz CT molecular complexity index is 994. The molecule has 5 nitrogen and oxygen atoms in total. The van der Waals surface area contributed by atoms with Gasteiger partial charge in [-0.15, -0.1) is 0 Å². The summed E-state index contributed by atoms with van der Waals surface area (Å²) in [5.41, 5.74) is 1.98. The van der Waals surface area contributed by atoms with Gasteiger partial charge in [-0.3, -0.25) is 19.5 Å². The van der Waals surface area contributed by atoms with Gasteiger partial charge in [0.15, 0.2) is 0 Å². The van der Waals surface area contributed by atoms with Gasteiger partial charge in [0.05, 0.1) is 5.52 Å². The number of nitrogens with zero attached hydrogens (tertiary/aromatic N) is 3. The Morgan fingerprint density at radius 1 is 1.04 bits per heavy atom. The molecular weight excluding hydrogens is 302 g/mol. The first-order chi connectivity index (χ1) is 11.6. The van der Waals surface area contributed by atoms with E-state index < -0.39 is 0 Å². The van der Waals surface area contributed by atoms with Gasteiger partial charge in [-0.1, -0.05) is 18.2 Å². The Morgan fingerprint density at radius 3 is 2.62 bits per heavy atom. The van der Waals surface area contributed by atoms with Crippen LogP contribution in [0.1, 0.15) is 20.7 Å². The monoisotopic (exact) mass is 319 g/mol. The summed E-state index contributed by atoms with van der Waals surface area (Å²) in [6.07, 6.45) is 1.73. The zero-order chi connectivity index (χ0) is 16.8. The molecule has 4 rings (SSSR count). The molecule has 0 fully saturated rings. The Kier molecular flexibility index (Phi) is 3.32. The molecule has 120 valence electrons. The first kappa shape index (κ1) is 14.8. The molecule has 2 aromatic carbocycles. The number of rotatable bonds is 3. The number of hydrogen-bond acceptors (Lipinski definition) is 4. The van der Waals surface area contributed by atoms with Crippen LogP contribution in [0, 0.1) is 0 Å². The molecule has 0 radical (unpaired) electrons. The molecule has 0 N–H and O–H groups in total. The summed E-state index contributed by atoms with van der Waals surface area (Å²) in [7, 11) is 3.85. The Morgan fingerprint density at radius 2 is 1.83 bits per heavy atom. The first-order valence-electron chi connectivity index (χ1n) is 7.89. The molecule has 2 amide bonds. The molecule has 0 saturated heterocycles. The van der Waals surface area contributed by atoms with Crippen molar-refractivity contribution in [3.63, 3.8) is 0 Å². The smallest absolute Gasteiger partial charge is 0.261 e. The highest BCUT2D eigenvalue weighted by molar-refractivity contribution is 6.28. The fourth-order valence-corrected chi connectivity index (χ4v) is 3.26. The van der Waals surface area contributed by atoms with Crippen LogP contribution in [0.5, 0.6) is 0 Å². The lowest BCUT2D eigenvalue weighted by Crippen LogP contribution is -2.43. The number of carbonyl (C=O) groups is 2. The molecule has 0 saturated carbocycles. The second kappa shape index (κ2) is 5.39. The van der Waals surface area contributed by atoms with Gasteiger partial charge in [-0.05, 0) is 32.3 Å². The van der Waals surface area contributed by atoms with Crippen LogP contribution in [0.25, 0.3) is 21.7 Å². The van der Waals surface area contributed by atoms with E-state index in [1.807, 2.05) is 49.3 Å². The Labute approximate surface area is 139 Å². The average molecular weight is 319 g/mol. The van der Waals surface area contributed by atoms with E-state index in [9.17, 15) is 9.59 Å². The van der Waals surface area contributed by atoms with Crippen LogP contribution >= 0.6 is 0 Å². The Balaban J connectivity index is 1.98. The Hall–Kier alpha value is -2.79. The number of fused-ring (bicyclic) bond motifs is 2. The third-order valence-electron chi connectivity index (χ3n) is 4.45. The lowest BCUT2D eigenvalue weighted by molar-refractivity contribution is 0.0601. The minimum atomic E-state index is -0.227. The summed E-state index contributed by atoms with van der Waals surface area (Å²) < 4.78 is 0. The molecule has 3 aromatic rings. The first-order valence-corrected chi connectivity index (χ1v) is 7.89. The lowest BCUT2D eigenvalue weighted by Gasteiger charge is -2.28. The fraction of sp³-hybridized carbons (Fsp3) is 0.211. The molecule has 2 heterocycles. The number of benzene rings is 2. The summed E-state index contributed by atoms with van der Waals surface area (Å²) in [5, 5.41) is 2.49. The predicted molar refractivity (Wildman–Crippen MR) is 93.2 cm³/mol. The van der Waals surface area contributed by atoms with Crippen LogP contribution in [-0.2, 0) is 0 Å². The van der Waals surface area contributed by atoms with Gasteiger partial charge in [-0.25, -0.2) is 0 Å². The van der Waals surface area contributed by atoms with Crippen LogP contribution in [-0.4, -0.2) is 53.8 Å². The molecular formula is C19H17N3O2. The standard InChI is InChI=1S/C19H17N3O2/c1-21(2)9-10-22-18(23)14-7-3-6-13-16(14)15(19(22)24)11-12-5-4-8-20-17(12)13/h3-8,11H,9-10H2,1-2H3. The van der Waals surface area contributed by atoms with E-state index in [2.05, 4.69) is 4.98 Å². The maximum atomic E-state index is 12.9. The van der Waals surface area contributed by atoms with Gasteiger partial charge < -0.3 is 4.90 Å². The van der Waals surface area contributed by atoms with E-state index in [4.69, 9.17) is 0 Å². The normalized spacial score (nSPS) is 14.2. The highest BCUT2D eigenvalue weighted by atomic mass is 16.2. The van der Waals surface area contributed by atoms with Crippen LogP contribution in [0.4, 0.5) is 0 Å². The molecule has 0 atom stereocenters. The van der Waals surface area contributed by atoms with E-state index in [1.165, 1.54) is 4.90 Å². The number of likely N-dealkylation sites (N-methyl/N-ethyl adjacent to an activating group) is 1. The number of pyridine rings is 1. The second-order valence-electron chi connectivity index (χ2n) is 6.29. The van der Waals surface area contributed by atoms with E-state index in [-0.39, 0.29) is 11.8 Å². The highest BCUT2D eigenvalue weighted by Crippen LogP contribution is 2.34. The molecule has 1 aliphatic rings. The van der Waals surface area contributed by atoms with Crippen LogP contribution in [0.15, 0.2) is 42.6 Å². The molecule has 0 bridgehead atoms. The van der Waals surface area contributed by atoms with Crippen molar-refractivity contribution in [2.75, 3.05) is 27.2 Å². The molecule has 5 heteroatoms. The van der Waals surface area contributed by atoms with Crippen molar-refractivity contribution < 1.29 is 9.59 Å². The highest BCUT2D eigenvalue weighted by Gasteiger charge is 2.33. The maximum Gasteiger partial charge on any atom is 0.261 e. The summed E-state index contributed by atoms with van der Waals surface area (Å²) in [6.45, 7) is 1.02. The number of imide groups is 1. The molecule has 0 unspecified atom stereocenters. The minimum absolute atomic E-state index is 0.226. The van der Waals surface area contributed by atoms with E-state index in [0.29, 0.717) is 24.2 Å². The maximum absolute atomic E-state index is 12.9. The molecule has 24 heavy (non-hydrogen) atoms. The van der Waals surface area contributed by atoms with Crippen molar-refractivity contribution >= 4 is 33.5 Å². The lowest BCUT2D eigenvalue weighted by atomic mass is 9.92. The average Bonchev–Trinajstić information content (AvgIpc) is 2.59. The molecule has 1 aromatic heterocycles. The van der Waals surface area contributed by atoms with E-state index >= 15 is 0 Å². The van der Waals surface area contributed by atoms with Crippen molar-refractivity contribution in [3.05, 3.63) is 53.7 Å². The second-order valence-corrected chi connectivity index (χ2v) is 6.29. The SMILES string of the molecule is CN(C)CCN1C(=O)c2cccc3c2c(cc2cccnc23)C1=O. The third-order valence-corrected chi connectivity index (χ3v) is 4.45. The van der Waals surface area contributed by atoms with Crippen molar-refractivity contribution in [2.45, 2.75) is 0 Å². The quantitative estimate of drug-likeness (QED) is 0.550. The van der Waals surface area contributed by atoms with E-state index in [1.54, 1.807) is 12.3 Å². The van der Waals surface area contributed by atoms with Crippen LogP contribution in [0.2, 0.25) is 0 Å². The fourth-order valence-electron chi connectivity index (χ4n) is 3.26. The van der Waals surface area contributed by atoms with Gasteiger partial charge in [0.25, 0.3) is 11.8 Å². The van der Waals surface area contributed by atoms with Gasteiger partial charge >= 0.3 is 0 Å². The number of amides is 2. The summed E-state index contributed by atoms with van der Waals surface area (Å²) in [6, 6.07) is 11.2. The van der Waals surface area contributed by atoms with Crippen molar-refractivity contribution in [3.8, 4) is 0 Å². The van der Waals surface area contributed by atoms with Crippen LogP contribution < -0.4 is 0 Å². The number of hydrogen-bond donors (Lipinski definition) is 0. The zero-order valence-corrected chi connectivity index (χ0v) is 13.6. The van der Waals surface area contributed by atoms with Crippen molar-refractivity contribution in [1.82, 2.24) is 14.8 Å². The van der Waals surface area contributed by atoms with Gasteiger partial charge in [-0.2, -0.15) is 0 Å². The predicted octanol–water partition coefficient (Wildman–Crippen LogP) is 2.55. The minimum Gasteiger partial charge on any atom is -0.308 e. The third kappa shape index (κ3) is 2.09. The number of carbonyl (C=O) groups excluding carboxylic acids is 2. The zero-order valence-electron chi connectivity index (χ0n) is 13.6.